The van der Waals surface area contributed by atoms with E-state index < -0.39 is 11.8 Å². The second-order valence-corrected chi connectivity index (χ2v) is 5.01. The lowest BCUT2D eigenvalue weighted by Crippen LogP contribution is -2.43. The van der Waals surface area contributed by atoms with Crippen LogP contribution < -0.4 is 10.9 Å². The molecule has 0 atom stereocenters. The highest BCUT2D eigenvalue weighted by Gasteiger charge is 2.28. The van der Waals surface area contributed by atoms with E-state index in [0.717, 1.165) is 10.5 Å². The maximum Gasteiger partial charge on any atom is 0.269 e. The fourth-order valence-electron chi connectivity index (χ4n) is 2.17. The lowest BCUT2D eigenvalue weighted by molar-refractivity contribution is -0.138. The molecule has 0 saturated carbocycles. The number of carbonyl (C=O) groups is 4. The standard InChI is InChI=1S/C15H17N3O4/c1-10-4-2-3-5-11(10)15(22)17-16-12(19)8-9-18-13(20)6-7-14(18)21/h2-5H,6-9H2,1H3,(H,16,19)(H,17,22). The summed E-state index contributed by atoms with van der Waals surface area (Å²) in [5, 5.41) is 0. The molecule has 1 aliphatic heterocycles. The van der Waals surface area contributed by atoms with Gasteiger partial charge in [-0.15, -0.1) is 0 Å². The van der Waals surface area contributed by atoms with Gasteiger partial charge in [-0.3, -0.25) is 34.9 Å². The molecule has 0 aromatic heterocycles. The molecule has 4 amide bonds. The van der Waals surface area contributed by atoms with Crippen molar-refractivity contribution in [1.82, 2.24) is 15.8 Å². The molecule has 0 unspecified atom stereocenters. The van der Waals surface area contributed by atoms with Crippen LogP contribution in [0.25, 0.3) is 0 Å². The van der Waals surface area contributed by atoms with Crippen molar-refractivity contribution < 1.29 is 19.2 Å². The maximum absolute atomic E-state index is 11.9. The first-order valence-electron chi connectivity index (χ1n) is 6.97. The number of carbonyl (C=O) groups excluding carboxylic acids is 4. The summed E-state index contributed by atoms with van der Waals surface area (Å²) in [6, 6.07) is 6.99. The molecule has 0 bridgehead atoms. The Bertz CT molecular complexity index is 611. The average Bonchev–Trinajstić information content (AvgIpc) is 2.82. The van der Waals surface area contributed by atoms with Crippen molar-refractivity contribution >= 4 is 23.6 Å². The van der Waals surface area contributed by atoms with Gasteiger partial charge in [-0.25, -0.2) is 0 Å². The fraction of sp³-hybridized carbons (Fsp3) is 0.333. The zero-order valence-corrected chi connectivity index (χ0v) is 12.2. The summed E-state index contributed by atoms with van der Waals surface area (Å²) < 4.78 is 0. The van der Waals surface area contributed by atoms with Crippen molar-refractivity contribution in [2.45, 2.75) is 26.2 Å². The van der Waals surface area contributed by atoms with Gasteiger partial charge in [-0.2, -0.15) is 0 Å². The van der Waals surface area contributed by atoms with Crippen LogP contribution in [0.2, 0.25) is 0 Å². The monoisotopic (exact) mass is 303 g/mol. The molecule has 0 aliphatic carbocycles. The van der Waals surface area contributed by atoms with Crippen molar-refractivity contribution in [2.24, 2.45) is 0 Å². The zero-order chi connectivity index (χ0) is 16.1. The van der Waals surface area contributed by atoms with Gasteiger partial charge in [-0.05, 0) is 18.6 Å². The zero-order valence-electron chi connectivity index (χ0n) is 12.2. The Hall–Kier alpha value is -2.70. The van der Waals surface area contributed by atoms with E-state index in [1.165, 1.54) is 0 Å². The number of imide groups is 1. The lowest BCUT2D eigenvalue weighted by Gasteiger charge is -2.13. The van der Waals surface area contributed by atoms with Crippen LogP contribution in [0.15, 0.2) is 24.3 Å². The van der Waals surface area contributed by atoms with Gasteiger partial charge in [0.15, 0.2) is 0 Å². The third kappa shape index (κ3) is 3.69. The minimum Gasteiger partial charge on any atom is -0.282 e. The molecule has 1 aromatic rings. The predicted molar refractivity (Wildman–Crippen MR) is 77.4 cm³/mol. The molecule has 116 valence electrons. The number of hydrazine groups is 1. The topological polar surface area (TPSA) is 95.6 Å². The highest BCUT2D eigenvalue weighted by Crippen LogP contribution is 2.11. The molecule has 1 saturated heterocycles. The van der Waals surface area contributed by atoms with Crippen molar-refractivity contribution in [3.63, 3.8) is 0 Å². The molecule has 2 rings (SSSR count). The molecule has 0 spiro atoms. The van der Waals surface area contributed by atoms with Crippen LogP contribution in [0.1, 0.15) is 35.2 Å². The predicted octanol–water partition coefficient (Wildman–Crippen LogP) is 0.295. The van der Waals surface area contributed by atoms with E-state index in [4.69, 9.17) is 0 Å². The van der Waals surface area contributed by atoms with Crippen LogP contribution in [0.3, 0.4) is 0 Å². The summed E-state index contributed by atoms with van der Waals surface area (Å²) in [6.45, 7) is 1.82. The summed E-state index contributed by atoms with van der Waals surface area (Å²) in [5.41, 5.74) is 5.84. The van der Waals surface area contributed by atoms with Crippen LogP contribution in [0.4, 0.5) is 0 Å². The fourth-order valence-corrected chi connectivity index (χ4v) is 2.17. The van der Waals surface area contributed by atoms with Gasteiger partial charge in [0.2, 0.25) is 17.7 Å². The second-order valence-electron chi connectivity index (χ2n) is 5.01. The van der Waals surface area contributed by atoms with Crippen LogP contribution in [-0.2, 0) is 14.4 Å². The van der Waals surface area contributed by atoms with Crippen LogP contribution in [0, 0.1) is 6.92 Å². The number of hydrogen-bond donors (Lipinski definition) is 2. The van der Waals surface area contributed by atoms with Gasteiger partial charge in [0.05, 0.1) is 0 Å². The Balaban J connectivity index is 1.78. The van der Waals surface area contributed by atoms with Gasteiger partial charge in [0.1, 0.15) is 0 Å². The lowest BCUT2D eigenvalue weighted by atomic mass is 10.1. The maximum atomic E-state index is 11.9. The van der Waals surface area contributed by atoms with Crippen molar-refractivity contribution in [3.05, 3.63) is 35.4 Å². The number of nitrogens with one attached hydrogen (secondary N) is 2. The summed E-state index contributed by atoms with van der Waals surface area (Å²) in [7, 11) is 0. The van der Waals surface area contributed by atoms with Gasteiger partial charge >= 0.3 is 0 Å². The van der Waals surface area contributed by atoms with Crippen LogP contribution in [-0.4, -0.2) is 35.1 Å². The van der Waals surface area contributed by atoms with Crippen molar-refractivity contribution in [3.8, 4) is 0 Å². The van der Waals surface area contributed by atoms with Crippen LogP contribution >= 0.6 is 0 Å². The number of amides is 4. The van der Waals surface area contributed by atoms with Gasteiger partial charge in [0, 0.05) is 31.4 Å². The van der Waals surface area contributed by atoms with E-state index in [-0.39, 0.29) is 37.6 Å². The summed E-state index contributed by atoms with van der Waals surface area (Å²) in [6.07, 6.45) is 0.348. The molecule has 7 nitrogen and oxygen atoms in total. The molecule has 7 heteroatoms. The number of likely N-dealkylation sites (tertiary alicyclic amines) is 1. The molecule has 22 heavy (non-hydrogen) atoms. The normalized spacial score (nSPS) is 14.1. The van der Waals surface area contributed by atoms with Crippen LogP contribution in [0.5, 0.6) is 0 Å². The van der Waals surface area contributed by atoms with Crippen molar-refractivity contribution in [1.29, 1.82) is 0 Å². The molecule has 1 aliphatic rings. The minimum atomic E-state index is -0.463. The van der Waals surface area contributed by atoms with E-state index >= 15 is 0 Å². The smallest absolute Gasteiger partial charge is 0.269 e. The molecule has 1 fully saturated rings. The number of benzene rings is 1. The molecular formula is C15H17N3O4. The molecule has 1 heterocycles. The number of aryl methyl sites for hydroxylation is 1. The largest absolute Gasteiger partial charge is 0.282 e. The van der Waals surface area contributed by atoms with E-state index in [0.29, 0.717) is 5.56 Å². The third-order valence-electron chi connectivity index (χ3n) is 3.42. The summed E-state index contributed by atoms with van der Waals surface area (Å²) in [5.74, 6) is -1.40. The first-order chi connectivity index (χ1) is 10.5. The Morgan fingerprint density at radius 2 is 1.73 bits per heavy atom. The molecule has 2 N–H and O–H groups in total. The van der Waals surface area contributed by atoms with Crippen molar-refractivity contribution in [2.75, 3.05) is 6.54 Å². The highest BCUT2D eigenvalue weighted by molar-refractivity contribution is 6.02. The first kappa shape index (κ1) is 15.7. The Morgan fingerprint density at radius 3 is 2.36 bits per heavy atom. The van der Waals surface area contributed by atoms with E-state index in [9.17, 15) is 19.2 Å². The number of nitrogens with zero attached hydrogens (tertiary/aromatic N) is 1. The Labute approximate surface area is 127 Å². The van der Waals surface area contributed by atoms with Gasteiger partial charge in [-0.1, -0.05) is 18.2 Å². The summed E-state index contributed by atoms with van der Waals surface area (Å²) >= 11 is 0. The van der Waals surface area contributed by atoms with E-state index in [2.05, 4.69) is 10.9 Å². The quantitative estimate of drug-likeness (QED) is 0.617. The van der Waals surface area contributed by atoms with Gasteiger partial charge < -0.3 is 0 Å². The highest BCUT2D eigenvalue weighted by atomic mass is 16.2. The van der Waals surface area contributed by atoms with E-state index in [1.54, 1.807) is 25.1 Å². The molecule has 1 aromatic carbocycles. The third-order valence-corrected chi connectivity index (χ3v) is 3.42. The number of rotatable bonds is 4. The van der Waals surface area contributed by atoms with Gasteiger partial charge in [0.25, 0.3) is 5.91 Å². The Morgan fingerprint density at radius 1 is 1.09 bits per heavy atom. The summed E-state index contributed by atoms with van der Waals surface area (Å²) in [4.78, 5) is 47.4. The molecular weight excluding hydrogens is 286 g/mol. The minimum absolute atomic E-state index is 0.0315. The first-order valence-corrected chi connectivity index (χ1v) is 6.97. The molecule has 0 radical (unpaired) electrons. The second kappa shape index (κ2) is 6.84. The SMILES string of the molecule is Cc1ccccc1C(=O)NNC(=O)CCN1C(=O)CCC1=O. The Kier molecular flexibility index (Phi) is 4.88. The van der Waals surface area contributed by atoms with E-state index in [1.807, 2.05) is 6.07 Å². The number of hydrogen-bond acceptors (Lipinski definition) is 4. The average molecular weight is 303 g/mol.